The van der Waals surface area contributed by atoms with Gasteiger partial charge in [0, 0.05) is 18.3 Å². The number of hydrogen-bond acceptors (Lipinski definition) is 4. The summed E-state index contributed by atoms with van der Waals surface area (Å²) >= 11 is 1.63. The molecule has 0 bridgehead atoms. The van der Waals surface area contributed by atoms with Crippen LogP contribution in [-0.2, 0) is 11.2 Å². The predicted octanol–water partition coefficient (Wildman–Crippen LogP) is 3.50. The van der Waals surface area contributed by atoms with Gasteiger partial charge in [0.15, 0.2) is 0 Å². The minimum absolute atomic E-state index is 0.118. The summed E-state index contributed by atoms with van der Waals surface area (Å²) in [5.74, 6) is 0.813. The Hall–Kier alpha value is -1.88. The summed E-state index contributed by atoms with van der Waals surface area (Å²) in [6, 6.07) is 6.21. The predicted molar refractivity (Wildman–Crippen MR) is 91.8 cm³/mol. The van der Waals surface area contributed by atoms with Crippen LogP contribution in [0, 0.1) is 6.92 Å². The van der Waals surface area contributed by atoms with Gasteiger partial charge >= 0.3 is 0 Å². The fraction of sp³-hybridized carbons (Fsp3) is 0.444. The molecule has 1 fully saturated rings. The molecule has 0 unspecified atom stereocenters. The number of nitrogens with one attached hydrogen (secondary N) is 1. The van der Waals surface area contributed by atoms with E-state index in [2.05, 4.69) is 10.3 Å². The molecule has 0 aliphatic heterocycles. The maximum absolute atomic E-state index is 12.0. The zero-order valence-electron chi connectivity index (χ0n) is 13.3. The molecule has 2 heterocycles. The molecule has 1 aliphatic carbocycles. The largest absolute Gasteiger partial charge is 0.474 e. The van der Waals surface area contributed by atoms with Gasteiger partial charge in [-0.25, -0.2) is 4.98 Å². The summed E-state index contributed by atoms with van der Waals surface area (Å²) in [7, 11) is 0. The van der Waals surface area contributed by atoms with E-state index in [1.54, 1.807) is 11.3 Å². The van der Waals surface area contributed by atoms with Gasteiger partial charge in [-0.05, 0) is 60.6 Å². The molecule has 23 heavy (non-hydrogen) atoms. The van der Waals surface area contributed by atoms with Crippen LogP contribution in [0.5, 0.6) is 5.88 Å². The van der Waals surface area contributed by atoms with E-state index >= 15 is 0 Å². The molecule has 1 N–H and O–H groups in total. The van der Waals surface area contributed by atoms with Crippen molar-refractivity contribution >= 4 is 17.2 Å². The van der Waals surface area contributed by atoms with E-state index in [-0.39, 0.29) is 18.1 Å². The maximum atomic E-state index is 12.0. The monoisotopic (exact) mass is 330 g/mol. The molecule has 1 aliphatic rings. The molecule has 0 spiro atoms. The van der Waals surface area contributed by atoms with Crippen LogP contribution in [0.15, 0.2) is 35.2 Å². The normalized spacial score (nSPS) is 20.9. The van der Waals surface area contributed by atoms with Crippen LogP contribution in [0.3, 0.4) is 0 Å². The van der Waals surface area contributed by atoms with Gasteiger partial charge in [0.05, 0.1) is 6.42 Å². The number of pyridine rings is 1. The standard InChI is InChI=1S/C18H22N2O2S/c1-13-2-7-18(19-11-13)22-16-5-3-15(4-6-16)20-17(21)10-14-8-9-23-12-14/h2,7-9,11-12,15-16H,3-6,10H2,1H3,(H,20,21). The third-order valence-electron chi connectivity index (χ3n) is 4.16. The van der Waals surface area contributed by atoms with Crippen LogP contribution in [0.4, 0.5) is 0 Å². The van der Waals surface area contributed by atoms with E-state index in [0.29, 0.717) is 12.3 Å². The number of aromatic nitrogens is 1. The molecule has 0 saturated heterocycles. The number of nitrogens with zero attached hydrogens (tertiary/aromatic N) is 1. The molecule has 0 radical (unpaired) electrons. The Kier molecular flexibility index (Phi) is 5.28. The summed E-state index contributed by atoms with van der Waals surface area (Å²) < 4.78 is 5.93. The van der Waals surface area contributed by atoms with Crippen molar-refractivity contribution in [1.29, 1.82) is 0 Å². The second-order valence-corrected chi connectivity index (χ2v) is 6.92. The highest BCUT2D eigenvalue weighted by molar-refractivity contribution is 7.07. The van der Waals surface area contributed by atoms with Gasteiger partial charge in [0.25, 0.3) is 0 Å². The first-order valence-electron chi connectivity index (χ1n) is 8.09. The van der Waals surface area contributed by atoms with Gasteiger partial charge in [-0.1, -0.05) is 6.07 Å². The molecule has 1 saturated carbocycles. The van der Waals surface area contributed by atoms with Crippen LogP contribution in [0.25, 0.3) is 0 Å². The van der Waals surface area contributed by atoms with Crippen molar-refractivity contribution in [3.63, 3.8) is 0 Å². The minimum Gasteiger partial charge on any atom is -0.474 e. The summed E-state index contributed by atoms with van der Waals surface area (Å²) in [5.41, 5.74) is 2.23. The fourth-order valence-electron chi connectivity index (χ4n) is 2.88. The average Bonchev–Trinajstić information content (AvgIpc) is 3.04. The van der Waals surface area contributed by atoms with E-state index < -0.39 is 0 Å². The van der Waals surface area contributed by atoms with Gasteiger partial charge in [0.1, 0.15) is 6.10 Å². The van der Waals surface area contributed by atoms with Gasteiger partial charge in [-0.2, -0.15) is 11.3 Å². The average molecular weight is 330 g/mol. The molecule has 3 rings (SSSR count). The van der Waals surface area contributed by atoms with E-state index in [1.165, 1.54) is 0 Å². The number of rotatable bonds is 5. The molecule has 0 aromatic carbocycles. The van der Waals surface area contributed by atoms with Crippen molar-refractivity contribution in [1.82, 2.24) is 10.3 Å². The topological polar surface area (TPSA) is 51.2 Å². The Labute approximate surface area is 140 Å². The van der Waals surface area contributed by atoms with Crippen LogP contribution in [0.1, 0.15) is 36.8 Å². The molecule has 4 nitrogen and oxygen atoms in total. The molecule has 1 amide bonds. The summed E-state index contributed by atoms with van der Waals surface area (Å²) in [4.78, 5) is 16.3. The number of carbonyl (C=O) groups is 1. The Morgan fingerprint density at radius 1 is 1.30 bits per heavy atom. The Bertz CT molecular complexity index is 617. The molecule has 2 aromatic heterocycles. The Morgan fingerprint density at radius 2 is 2.13 bits per heavy atom. The Morgan fingerprint density at radius 3 is 2.78 bits per heavy atom. The minimum atomic E-state index is 0.118. The zero-order chi connectivity index (χ0) is 16.1. The first-order chi connectivity index (χ1) is 11.2. The van der Waals surface area contributed by atoms with Crippen LogP contribution < -0.4 is 10.1 Å². The van der Waals surface area contributed by atoms with Crippen LogP contribution >= 0.6 is 11.3 Å². The highest BCUT2D eigenvalue weighted by Gasteiger charge is 2.23. The second-order valence-electron chi connectivity index (χ2n) is 6.14. The third kappa shape index (κ3) is 4.79. The number of amides is 1. The molecule has 0 atom stereocenters. The molecule has 122 valence electrons. The maximum Gasteiger partial charge on any atom is 0.224 e. The van der Waals surface area contributed by atoms with Crippen molar-refractivity contribution in [2.45, 2.75) is 51.2 Å². The van der Waals surface area contributed by atoms with Gasteiger partial charge in [-0.3, -0.25) is 4.79 Å². The zero-order valence-corrected chi connectivity index (χ0v) is 14.1. The lowest BCUT2D eigenvalue weighted by molar-refractivity contribution is -0.121. The lowest BCUT2D eigenvalue weighted by atomic mass is 9.93. The lowest BCUT2D eigenvalue weighted by Gasteiger charge is -2.29. The quantitative estimate of drug-likeness (QED) is 0.913. The van der Waals surface area contributed by atoms with E-state index in [1.807, 2.05) is 42.1 Å². The van der Waals surface area contributed by atoms with Crippen molar-refractivity contribution in [2.75, 3.05) is 0 Å². The van der Waals surface area contributed by atoms with Crippen molar-refractivity contribution < 1.29 is 9.53 Å². The molecule has 2 aromatic rings. The highest BCUT2D eigenvalue weighted by Crippen LogP contribution is 2.23. The van der Waals surface area contributed by atoms with Gasteiger partial charge in [0.2, 0.25) is 11.8 Å². The molecular formula is C18H22N2O2S. The number of thiophene rings is 1. The summed E-state index contributed by atoms with van der Waals surface area (Å²) in [6.45, 7) is 2.01. The second kappa shape index (κ2) is 7.59. The Balaban J connectivity index is 1.41. The van der Waals surface area contributed by atoms with E-state index in [9.17, 15) is 4.79 Å². The third-order valence-corrected chi connectivity index (χ3v) is 4.89. The summed E-state index contributed by atoms with van der Waals surface area (Å²) in [6.07, 6.45) is 6.35. The summed E-state index contributed by atoms with van der Waals surface area (Å²) in [5, 5.41) is 7.17. The van der Waals surface area contributed by atoms with Crippen molar-refractivity contribution in [2.24, 2.45) is 0 Å². The number of ether oxygens (including phenoxy) is 1. The van der Waals surface area contributed by atoms with Gasteiger partial charge in [-0.15, -0.1) is 0 Å². The van der Waals surface area contributed by atoms with Crippen LogP contribution in [0.2, 0.25) is 0 Å². The van der Waals surface area contributed by atoms with Crippen molar-refractivity contribution in [3.05, 3.63) is 46.3 Å². The molecular weight excluding hydrogens is 308 g/mol. The first kappa shape index (κ1) is 16.0. The van der Waals surface area contributed by atoms with Crippen LogP contribution in [-0.4, -0.2) is 23.0 Å². The molecule has 5 heteroatoms. The van der Waals surface area contributed by atoms with E-state index in [0.717, 1.165) is 36.8 Å². The fourth-order valence-corrected chi connectivity index (χ4v) is 3.55. The highest BCUT2D eigenvalue weighted by atomic mass is 32.1. The van der Waals surface area contributed by atoms with E-state index in [4.69, 9.17) is 4.74 Å². The van der Waals surface area contributed by atoms with Crippen molar-refractivity contribution in [3.8, 4) is 5.88 Å². The van der Waals surface area contributed by atoms with Gasteiger partial charge < -0.3 is 10.1 Å². The number of carbonyl (C=O) groups excluding carboxylic acids is 1. The first-order valence-corrected chi connectivity index (χ1v) is 9.03. The SMILES string of the molecule is Cc1ccc(OC2CCC(NC(=O)Cc3ccsc3)CC2)nc1. The lowest BCUT2D eigenvalue weighted by Crippen LogP contribution is -2.40. The number of aryl methyl sites for hydroxylation is 1. The smallest absolute Gasteiger partial charge is 0.224 e. The number of hydrogen-bond donors (Lipinski definition) is 1.